The smallest absolute Gasteiger partial charge is 0.202 e. The predicted molar refractivity (Wildman–Crippen MR) is 485 cm³/mol. The molecule has 11 N–H and O–H groups in total. The molecular formula is C96H105F4N17O11. The number of fused-ring (bicyclic) bond motifs is 4. The summed E-state index contributed by atoms with van der Waals surface area (Å²) in [5.74, 6) is -1.61. The Morgan fingerprint density at radius 2 is 0.922 bits per heavy atom. The number of pyridine rings is 7. The Morgan fingerprint density at radius 3 is 1.39 bits per heavy atom. The van der Waals surface area contributed by atoms with E-state index in [2.05, 4.69) is 40.5 Å². The summed E-state index contributed by atoms with van der Waals surface area (Å²) in [7, 11) is 0. The monoisotopic (exact) mass is 1750 g/mol. The first-order valence-corrected chi connectivity index (χ1v) is 44.4. The SMILES string of the molecule is CC(=O)c1cn2c3c(c(N4CCC(Cc5ccccn5)C4)c(F)c(N)c3c1=O)OCC21CCCC1.CC(=O)c1cn2c3c(c(NCCCn4ccnc4)c(F)c(N)c3c1=O)OCC21CCCC1.Cc1cn2c3c(c(NCCCc4ccccn4)c(F)c(N)c3c1=O)OCC21CCOC1.Nc1c(F)c(NCCCc2ccccn2)c2c3c1c(=O)ccn3C1(CCCC1)CO2. The number of nitrogens with one attached hydrogen (secondary N) is 3. The molecule has 28 nitrogen and oxygen atoms in total. The van der Waals surface area contributed by atoms with Gasteiger partial charge in [-0.25, -0.2) is 22.5 Å². The van der Waals surface area contributed by atoms with Gasteiger partial charge in [0.2, 0.25) is 10.9 Å². The standard InChI is InChI=1S/C27H29FN4O3.C23H26FN5O3.C23H25FN4O3.C23H25FN4O2/c1-16(33)19-14-32-23-20(25(19)34)22(29)21(28)24(26(23)35-15-27(32)8-3-4-9-27)31-11-7-17(13-31)12-18-6-2-5-10-30-18;1-14(30)15-11-29-20-16(21(15)31)18(25)17(24)19(27-7-4-9-28-10-8-26-13-28)22(20)32-12-23(29)5-2-3-6-23;1-14-11-28-20-16(21(14)29)18(25)17(24)19(22(20)31-13-23(28)7-10-30-12-23)27-9-4-6-15-5-2-3-8-26-15;24-18-19(25)17-16(29)8-13-28-21(17)22(30-14-23(28)9-2-3-10-23)20(18)27-12-5-7-15-6-1-4-11-26-15/h2,5-6,10,14,17H,3-4,7-9,11-13,15,29H2,1H3;8,10-11,13,27H,2-7,9,12,25H2,1H3;2-3,5,8,11,27H,4,6-7,9-10,12-13,25H2,1H3;1,4,6,8,11,13,27H,2-3,5,7,9-10,12,14,25H2. The molecule has 128 heavy (non-hydrogen) atoms. The number of aromatic nitrogens is 9. The molecule has 9 aliphatic rings. The first-order chi connectivity index (χ1) is 61.9. The second kappa shape index (κ2) is 35.0. The van der Waals surface area contributed by atoms with Crippen LogP contribution < -0.4 is 84.4 Å². The van der Waals surface area contributed by atoms with Crippen molar-refractivity contribution in [3.8, 4) is 23.0 Å². The number of carbonyl (C=O) groups is 2. The third kappa shape index (κ3) is 15.2. The lowest BCUT2D eigenvalue weighted by Crippen LogP contribution is -2.44. The van der Waals surface area contributed by atoms with Crippen molar-refractivity contribution in [2.45, 2.75) is 178 Å². The zero-order valence-electron chi connectivity index (χ0n) is 72.0. The number of halogens is 4. The average molecular weight is 1750 g/mol. The fourth-order valence-electron chi connectivity index (χ4n) is 20.8. The molecule has 14 heterocycles. The Bertz CT molecular complexity index is 6590. The number of ether oxygens (including phenoxy) is 5. The van der Waals surface area contributed by atoms with Crippen molar-refractivity contribution < 1.29 is 50.8 Å². The van der Waals surface area contributed by atoms with E-state index in [1.165, 1.54) is 19.9 Å². The van der Waals surface area contributed by atoms with Gasteiger partial charge in [-0.05, 0) is 153 Å². The summed E-state index contributed by atoms with van der Waals surface area (Å²) in [5, 5.41) is 9.94. The number of nitrogen functional groups attached to an aromatic ring is 4. The summed E-state index contributed by atoms with van der Waals surface area (Å²) in [5.41, 5.74) is 27.8. The minimum Gasteiger partial charge on any atom is -0.487 e. The molecule has 0 amide bonds. The van der Waals surface area contributed by atoms with Crippen molar-refractivity contribution >= 4 is 101 Å². The van der Waals surface area contributed by atoms with E-state index in [9.17, 15) is 28.8 Å². The molecule has 3 saturated carbocycles. The highest BCUT2D eigenvalue weighted by molar-refractivity contribution is 6.07. The normalized spacial score (nSPS) is 18.4. The van der Waals surface area contributed by atoms with Gasteiger partial charge in [-0.3, -0.25) is 43.7 Å². The van der Waals surface area contributed by atoms with Crippen LogP contribution in [0.1, 0.15) is 166 Å². The molecule has 5 fully saturated rings. The van der Waals surface area contributed by atoms with Crippen LogP contribution >= 0.6 is 0 Å². The average Bonchev–Trinajstić information content (AvgIpc) is 1.12. The van der Waals surface area contributed by atoms with Gasteiger partial charge in [0.1, 0.15) is 54.7 Å². The summed E-state index contributed by atoms with van der Waals surface area (Å²) in [6.07, 6.45) is 35.6. The first-order valence-electron chi connectivity index (χ1n) is 44.4. The molecule has 0 bridgehead atoms. The Labute approximate surface area is 734 Å². The first kappa shape index (κ1) is 85.8. The predicted octanol–water partition coefficient (Wildman–Crippen LogP) is 14.1. The lowest BCUT2D eigenvalue weighted by molar-refractivity contribution is 0.1000. The molecule has 12 aromatic rings. The number of carbonyl (C=O) groups excluding carboxylic acids is 2. The maximum atomic E-state index is 15.9. The molecule has 3 aliphatic carbocycles. The molecular weight excluding hydrogens is 1640 g/mol. The van der Waals surface area contributed by atoms with E-state index in [1.807, 2.05) is 96.4 Å². The van der Waals surface area contributed by atoms with E-state index in [4.69, 9.17) is 46.6 Å². The number of ketones is 2. The number of benzene rings is 4. The molecule has 0 radical (unpaired) electrons. The van der Waals surface area contributed by atoms with Crippen molar-refractivity contribution in [3.63, 3.8) is 0 Å². The van der Waals surface area contributed by atoms with Gasteiger partial charge in [-0.1, -0.05) is 56.7 Å². The van der Waals surface area contributed by atoms with Gasteiger partial charge >= 0.3 is 0 Å². The van der Waals surface area contributed by atoms with Gasteiger partial charge in [-0.2, -0.15) is 0 Å². The number of nitrogens with zero attached hydrogens (tertiary/aromatic N) is 10. The highest BCUT2D eigenvalue weighted by atomic mass is 19.1. The van der Waals surface area contributed by atoms with E-state index in [-0.39, 0.29) is 112 Å². The van der Waals surface area contributed by atoms with Crippen LogP contribution in [0.15, 0.2) is 142 Å². The van der Waals surface area contributed by atoms with Crippen LogP contribution in [-0.4, -0.2) is 127 Å². The number of Topliss-reactive ketones (excluding diaryl/α,β-unsaturated/α-hetero) is 2. The van der Waals surface area contributed by atoms with Gasteiger partial charge in [0.15, 0.2) is 68.7 Å². The second-order valence-corrected chi connectivity index (χ2v) is 35.6. The van der Waals surface area contributed by atoms with Crippen LogP contribution in [0.3, 0.4) is 0 Å². The summed E-state index contributed by atoms with van der Waals surface area (Å²) < 4.78 is 102. The molecule has 2 saturated heterocycles. The number of imidazole rings is 1. The second-order valence-electron chi connectivity index (χ2n) is 35.6. The Balaban J connectivity index is 0.000000115. The largest absolute Gasteiger partial charge is 0.487 e. The lowest BCUT2D eigenvalue weighted by Gasteiger charge is -2.40. The summed E-state index contributed by atoms with van der Waals surface area (Å²) in [6, 6.07) is 19.0. The molecule has 8 aromatic heterocycles. The number of aryl methyl sites for hydroxylation is 4. The van der Waals surface area contributed by atoms with Gasteiger partial charge in [0, 0.05) is 130 Å². The summed E-state index contributed by atoms with van der Waals surface area (Å²) in [4.78, 5) is 95.6. The zero-order chi connectivity index (χ0) is 89.1. The topological polar surface area (TPSA) is 368 Å². The lowest BCUT2D eigenvalue weighted by atomic mass is 9.93. The van der Waals surface area contributed by atoms with Gasteiger partial charge in [0.05, 0.1) is 107 Å². The van der Waals surface area contributed by atoms with Crippen LogP contribution in [0.5, 0.6) is 23.0 Å². The molecule has 21 rings (SSSR count). The van der Waals surface area contributed by atoms with Crippen LogP contribution in [0, 0.1) is 36.1 Å². The van der Waals surface area contributed by atoms with Crippen molar-refractivity contribution in [2.75, 3.05) is 116 Å². The number of hydrogen-bond donors (Lipinski definition) is 7. The van der Waals surface area contributed by atoms with Crippen molar-refractivity contribution in [1.82, 2.24) is 42.8 Å². The van der Waals surface area contributed by atoms with E-state index in [0.717, 1.165) is 152 Å². The maximum absolute atomic E-state index is 15.9. The Hall–Kier alpha value is -13.0. The van der Waals surface area contributed by atoms with Crippen molar-refractivity contribution in [3.05, 3.63) is 221 Å². The van der Waals surface area contributed by atoms with Crippen molar-refractivity contribution in [2.24, 2.45) is 5.92 Å². The molecule has 4 spiro atoms. The highest BCUT2D eigenvalue weighted by Crippen LogP contribution is 2.55. The molecule has 6 aliphatic heterocycles. The van der Waals surface area contributed by atoms with Crippen LogP contribution in [0.2, 0.25) is 0 Å². The molecule has 4 aromatic carbocycles. The summed E-state index contributed by atoms with van der Waals surface area (Å²) >= 11 is 0. The van der Waals surface area contributed by atoms with Crippen LogP contribution in [0.25, 0.3) is 43.6 Å². The van der Waals surface area contributed by atoms with Gasteiger partial charge < -0.3 is 90.3 Å². The Morgan fingerprint density at radius 1 is 0.484 bits per heavy atom. The third-order valence-corrected chi connectivity index (χ3v) is 27.5. The fourth-order valence-corrected chi connectivity index (χ4v) is 20.8. The van der Waals surface area contributed by atoms with Gasteiger partial charge in [-0.15, -0.1) is 0 Å². The number of hydrogen-bond acceptors (Lipinski definition) is 23. The van der Waals surface area contributed by atoms with Crippen LogP contribution in [-0.2, 0) is 52.7 Å². The Kier molecular flexibility index (Phi) is 23.4. The minimum atomic E-state index is -0.721. The maximum Gasteiger partial charge on any atom is 0.202 e. The third-order valence-electron chi connectivity index (χ3n) is 27.5. The van der Waals surface area contributed by atoms with E-state index >= 15 is 17.6 Å². The molecule has 32 heteroatoms. The molecule has 2 atom stereocenters. The number of nitrogens with two attached hydrogens (primary N) is 4. The molecule has 668 valence electrons. The molecule has 2 unspecified atom stereocenters. The number of anilines is 8. The van der Waals surface area contributed by atoms with E-state index < -0.39 is 39.7 Å². The van der Waals surface area contributed by atoms with E-state index in [1.54, 1.807) is 50.4 Å². The fraction of sp³-hybridized carbons (Fsp3) is 0.417. The quantitative estimate of drug-likeness (QED) is 0.0161. The van der Waals surface area contributed by atoms with Crippen LogP contribution in [0.4, 0.5) is 63.1 Å². The number of rotatable bonds is 20. The van der Waals surface area contributed by atoms with E-state index in [0.29, 0.717) is 135 Å². The van der Waals surface area contributed by atoms with Gasteiger partial charge in [0.25, 0.3) is 0 Å². The zero-order valence-corrected chi connectivity index (χ0v) is 72.0. The highest BCUT2D eigenvalue weighted by Gasteiger charge is 2.49. The summed E-state index contributed by atoms with van der Waals surface area (Å²) in [6.45, 7) is 10.7. The minimum absolute atomic E-state index is 0.0279. The van der Waals surface area contributed by atoms with Crippen molar-refractivity contribution in [1.29, 1.82) is 0 Å².